The van der Waals surface area contributed by atoms with Crippen molar-refractivity contribution in [3.8, 4) is 44.5 Å². The number of benzene rings is 13. The van der Waals surface area contributed by atoms with Crippen LogP contribution in [0.1, 0.15) is 0 Å². The molecule has 0 saturated carbocycles. The molecule has 0 aromatic heterocycles. The minimum Gasteiger partial charge on any atom is -0.310 e. The van der Waals surface area contributed by atoms with Crippen LogP contribution >= 0.6 is 0 Å². The van der Waals surface area contributed by atoms with Gasteiger partial charge in [0.1, 0.15) is 0 Å². The fourth-order valence-electron chi connectivity index (χ4n) is 10.7. The van der Waals surface area contributed by atoms with Crippen LogP contribution in [-0.2, 0) is 0 Å². The summed E-state index contributed by atoms with van der Waals surface area (Å²) in [6.07, 6.45) is 0. The molecular formula is C70H48N2. The molecule has 0 spiro atoms. The number of hydrogen-bond acceptors (Lipinski definition) is 2. The summed E-state index contributed by atoms with van der Waals surface area (Å²) in [6, 6.07) is 106. The van der Waals surface area contributed by atoms with E-state index in [0.29, 0.717) is 0 Å². The second-order valence-corrected chi connectivity index (χ2v) is 18.5. The maximum Gasteiger partial charge on any atom is 0.0546 e. The molecule has 0 aliphatic rings. The molecule has 0 atom stereocenters. The Morgan fingerprint density at radius 2 is 0.458 bits per heavy atom. The van der Waals surface area contributed by atoms with Crippen LogP contribution in [0.25, 0.3) is 87.6 Å². The lowest BCUT2D eigenvalue weighted by Gasteiger charge is -2.28. The number of hydrogen-bond donors (Lipinski definition) is 0. The predicted octanol–water partition coefficient (Wildman–Crippen LogP) is 19.9. The molecule has 0 bridgehead atoms. The Labute approximate surface area is 420 Å². The molecule has 0 aliphatic carbocycles. The zero-order valence-electron chi connectivity index (χ0n) is 39.6. The fourth-order valence-corrected chi connectivity index (χ4v) is 10.7. The smallest absolute Gasteiger partial charge is 0.0546 e. The molecule has 72 heavy (non-hydrogen) atoms. The van der Waals surface area contributed by atoms with E-state index in [9.17, 15) is 0 Å². The Kier molecular flexibility index (Phi) is 10.9. The zero-order valence-corrected chi connectivity index (χ0v) is 39.6. The summed E-state index contributed by atoms with van der Waals surface area (Å²) in [6.45, 7) is 0. The highest BCUT2D eigenvalue weighted by molar-refractivity contribution is 6.16. The number of anilines is 6. The lowest BCUT2D eigenvalue weighted by atomic mass is 9.97. The molecule has 2 heteroatoms. The van der Waals surface area contributed by atoms with Crippen molar-refractivity contribution in [1.29, 1.82) is 0 Å². The first-order valence-electron chi connectivity index (χ1n) is 24.7. The summed E-state index contributed by atoms with van der Waals surface area (Å²) in [7, 11) is 0. The molecule has 0 heterocycles. The van der Waals surface area contributed by atoms with E-state index in [4.69, 9.17) is 0 Å². The van der Waals surface area contributed by atoms with Gasteiger partial charge >= 0.3 is 0 Å². The maximum absolute atomic E-state index is 2.42. The largest absolute Gasteiger partial charge is 0.310 e. The van der Waals surface area contributed by atoms with Gasteiger partial charge in [0.25, 0.3) is 0 Å². The molecular weight excluding hydrogens is 869 g/mol. The van der Waals surface area contributed by atoms with Crippen molar-refractivity contribution < 1.29 is 0 Å². The van der Waals surface area contributed by atoms with Crippen molar-refractivity contribution >= 4 is 77.2 Å². The van der Waals surface area contributed by atoms with Gasteiger partial charge in [0.2, 0.25) is 0 Å². The third-order valence-corrected chi connectivity index (χ3v) is 14.2. The standard InChI is InChI=1S/C70H48N2/c1-3-17-49(18-4-1)55-23-15-25-61(45-55)71(69-47-57-21-7-9-27-63(57)65-29-11-13-31-67(65)69)59-41-37-53(38-42-59)51-33-35-52(36-34-51)54-39-43-60(44-40-54)72(62-26-16-24-56(46-62)50-19-5-2-6-20-50)70-48-58-22-8-10-28-64(58)66-30-12-14-32-68(66)70/h1-48H. The average molecular weight is 917 g/mol. The van der Waals surface area contributed by atoms with Gasteiger partial charge in [-0.1, -0.05) is 231 Å². The van der Waals surface area contributed by atoms with Gasteiger partial charge < -0.3 is 9.80 Å². The summed E-state index contributed by atoms with van der Waals surface area (Å²) < 4.78 is 0. The topological polar surface area (TPSA) is 6.48 Å². The van der Waals surface area contributed by atoms with E-state index in [1.165, 1.54) is 76.5 Å². The van der Waals surface area contributed by atoms with Gasteiger partial charge in [0.05, 0.1) is 11.4 Å². The van der Waals surface area contributed by atoms with Crippen molar-refractivity contribution in [2.45, 2.75) is 0 Å². The van der Waals surface area contributed by atoms with Gasteiger partial charge in [0, 0.05) is 33.5 Å². The summed E-state index contributed by atoms with van der Waals surface area (Å²) in [5.74, 6) is 0. The Hall–Kier alpha value is -9.50. The summed E-state index contributed by atoms with van der Waals surface area (Å²) in [4.78, 5) is 4.84. The molecule has 13 rings (SSSR count). The Morgan fingerprint density at radius 1 is 0.167 bits per heavy atom. The number of nitrogens with zero attached hydrogens (tertiary/aromatic N) is 2. The molecule has 0 fully saturated rings. The highest BCUT2D eigenvalue weighted by Crippen LogP contribution is 2.45. The first-order valence-corrected chi connectivity index (χ1v) is 24.7. The molecule has 13 aromatic carbocycles. The van der Waals surface area contributed by atoms with E-state index in [2.05, 4.69) is 301 Å². The second-order valence-electron chi connectivity index (χ2n) is 18.5. The van der Waals surface area contributed by atoms with Crippen molar-refractivity contribution in [3.05, 3.63) is 291 Å². The quantitative estimate of drug-likeness (QED) is 0.126. The number of rotatable bonds is 10. The number of fused-ring (bicyclic) bond motifs is 6. The van der Waals surface area contributed by atoms with E-state index in [1.54, 1.807) is 0 Å². The molecule has 0 radical (unpaired) electrons. The Morgan fingerprint density at radius 3 is 0.847 bits per heavy atom. The monoisotopic (exact) mass is 916 g/mol. The lowest BCUT2D eigenvalue weighted by molar-refractivity contribution is 1.30. The van der Waals surface area contributed by atoms with Crippen LogP contribution in [0.4, 0.5) is 34.1 Å². The van der Waals surface area contributed by atoms with Gasteiger partial charge in [-0.15, -0.1) is 0 Å². The van der Waals surface area contributed by atoms with Crippen molar-refractivity contribution in [2.24, 2.45) is 0 Å². The van der Waals surface area contributed by atoms with Crippen LogP contribution in [0.15, 0.2) is 291 Å². The molecule has 0 amide bonds. The van der Waals surface area contributed by atoms with Crippen molar-refractivity contribution in [3.63, 3.8) is 0 Å². The third kappa shape index (κ3) is 7.92. The molecule has 0 saturated heterocycles. The van der Waals surface area contributed by atoms with Crippen LogP contribution in [0, 0.1) is 0 Å². The minimum absolute atomic E-state index is 1.10. The minimum atomic E-state index is 1.10. The Balaban J connectivity index is 0.844. The first kappa shape index (κ1) is 42.6. The van der Waals surface area contributed by atoms with Gasteiger partial charge in [-0.05, 0) is 137 Å². The van der Waals surface area contributed by atoms with Crippen LogP contribution in [0.2, 0.25) is 0 Å². The van der Waals surface area contributed by atoms with E-state index in [-0.39, 0.29) is 0 Å². The SMILES string of the molecule is c1ccc(-c2cccc(N(c3ccc(-c4ccc(-c5ccc(N(c6cccc(-c7ccccc7)c6)c6cc7ccccc7c7ccccc67)cc5)cc4)cc3)c3cc4ccccc4c4ccccc34)c2)cc1. The maximum atomic E-state index is 2.42. The highest BCUT2D eigenvalue weighted by atomic mass is 15.1. The molecule has 338 valence electrons. The summed E-state index contributed by atoms with van der Waals surface area (Å²) in [5, 5.41) is 9.84. The molecule has 13 aromatic rings. The van der Waals surface area contributed by atoms with E-state index >= 15 is 0 Å². The first-order chi connectivity index (χ1) is 35.7. The molecule has 0 unspecified atom stereocenters. The average Bonchev–Trinajstić information content (AvgIpc) is 3.46. The van der Waals surface area contributed by atoms with Gasteiger partial charge in [-0.25, -0.2) is 0 Å². The fraction of sp³-hybridized carbons (Fsp3) is 0. The van der Waals surface area contributed by atoms with Gasteiger partial charge in [-0.3, -0.25) is 0 Å². The van der Waals surface area contributed by atoms with Crippen LogP contribution < -0.4 is 9.80 Å². The van der Waals surface area contributed by atoms with E-state index in [0.717, 1.165) is 45.3 Å². The summed E-state index contributed by atoms with van der Waals surface area (Å²) in [5.41, 5.74) is 16.1. The highest BCUT2D eigenvalue weighted by Gasteiger charge is 2.20. The zero-order chi connectivity index (χ0) is 47.8. The van der Waals surface area contributed by atoms with Gasteiger partial charge in [-0.2, -0.15) is 0 Å². The summed E-state index contributed by atoms with van der Waals surface area (Å²) >= 11 is 0. The molecule has 0 aliphatic heterocycles. The van der Waals surface area contributed by atoms with E-state index < -0.39 is 0 Å². The van der Waals surface area contributed by atoms with Crippen molar-refractivity contribution in [1.82, 2.24) is 0 Å². The predicted molar refractivity (Wildman–Crippen MR) is 308 cm³/mol. The molecule has 0 N–H and O–H groups in total. The van der Waals surface area contributed by atoms with Crippen LogP contribution in [0.3, 0.4) is 0 Å². The van der Waals surface area contributed by atoms with E-state index in [1.807, 2.05) is 0 Å². The van der Waals surface area contributed by atoms with Gasteiger partial charge in [0.15, 0.2) is 0 Å². The van der Waals surface area contributed by atoms with Crippen LogP contribution in [0.5, 0.6) is 0 Å². The van der Waals surface area contributed by atoms with Crippen molar-refractivity contribution in [2.75, 3.05) is 9.80 Å². The third-order valence-electron chi connectivity index (χ3n) is 14.2. The second kappa shape index (κ2) is 18.4. The molecule has 2 nitrogen and oxygen atoms in total. The van der Waals surface area contributed by atoms with Crippen LogP contribution in [-0.4, -0.2) is 0 Å². The Bertz CT molecular complexity index is 3800. The normalized spacial score (nSPS) is 11.3. The lowest BCUT2D eigenvalue weighted by Crippen LogP contribution is -2.11.